The van der Waals surface area contributed by atoms with Crippen LogP contribution in [0.3, 0.4) is 0 Å². The van der Waals surface area contributed by atoms with Gasteiger partial charge in [-0.25, -0.2) is 9.97 Å². The molecule has 0 fully saturated rings. The maximum Gasteiger partial charge on any atom is 0.253 e. The summed E-state index contributed by atoms with van der Waals surface area (Å²) in [7, 11) is 0. The molecule has 1 aromatic carbocycles. The van der Waals surface area contributed by atoms with Crippen LogP contribution < -0.4 is 5.32 Å². The van der Waals surface area contributed by atoms with E-state index in [2.05, 4.69) is 20.3 Å². The van der Waals surface area contributed by atoms with E-state index >= 15 is 0 Å². The standard InChI is InChI=1S/C16H15ClN4O2/c1-9-20-13-6-10(7-18-15(13)21-9)16(23)19-8-14(22)11-4-2-3-5-12(11)17/h2-7,14,22H,8H2,1H3,(H,19,23)(H,18,20,21)/t14-/m0/s1. The third kappa shape index (κ3) is 3.33. The van der Waals surface area contributed by atoms with E-state index in [0.29, 0.717) is 27.3 Å². The van der Waals surface area contributed by atoms with Crippen molar-refractivity contribution in [2.75, 3.05) is 6.54 Å². The Labute approximate surface area is 137 Å². The van der Waals surface area contributed by atoms with Crippen LogP contribution in [0.2, 0.25) is 5.02 Å². The molecule has 118 valence electrons. The summed E-state index contributed by atoms with van der Waals surface area (Å²) in [6.45, 7) is 1.88. The van der Waals surface area contributed by atoms with Crippen molar-refractivity contribution in [3.05, 3.63) is 58.5 Å². The van der Waals surface area contributed by atoms with Crippen molar-refractivity contribution >= 4 is 28.7 Å². The number of halogens is 1. The molecule has 6 nitrogen and oxygen atoms in total. The average Bonchev–Trinajstić information content (AvgIpc) is 2.91. The minimum atomic E-state index is -0.876. The van der Waals surface area contributed by atoms with Crippen molar-refractivity contribution in [1.82, 2.24) is 20.3 Å². The quantitative estimate of drug-likeness (QED) is 0.685. The third-order valence-electron chi connectivity index (χ3n) is 3.44. The van der Waals surface area contributed by atoms with Gasteiger partial charge in [0.05, 0.1) is 17.2 Å². The number of nitrogens with zero attached hydrogens (tertiary/aromatic N) is 2. The molecule has 2 aromatic heterocycles. The van der Waals surface area contributed by atoms with Crippen LogP contribution in [0.25, 0.3) is 11.2 Å². The van der Waals surface area contributed by atoms with Gasteiger partial charge in [0.1, 0.15) is 5.82 Å². The van der Waals surface area contributed by atoms with Crippen molar-refractivity contribution in [3.63, 3.8) is 0 Å². The van der Waals surface area contributed by atoms with Crippen molar-refractivity contribution in [2.24, 2.45) is 0 Å². The fourth-order valence-electron chi connectivity index (χ4n) is 2.29. The minimum Gasteiger partial charge on any atom is -0.387 e. The van der Waals surface area contributed by atoms with E-state index in [1.165, 1.54) is 6.20 Å². The molecule has 0 radical (unpaired) electrons. The van der Waals surface area contributed by atoms with Gasteiger partial charge in [0.25, 0.3) is 5.91 Å². The largest absolute Gasteiger partial charge is 0.387 e. The number of aromatic nitrogens is 3. The number of aliphatic hydroxyl groups excluding tert-OH is 1. The predicted molar refractivity (Wildman–Crippen MR) is 87.4 cm³/mol. The number of amides is 1. The Morgan fingerprint density at radius 3 is 3.00 bits per heavy atom. The van der Waals surface area contributed by atoms with Crippen molar-refractivity contribution in [3.8, 4) is 0 Å². The lowest BCUT2D eigenvalue weighted by molar-refractivity contribution is 0.0916. The lowest BCUT2D eigenvalue weighted by atomic mass is 10.1. The van der Waals surface area contributed by atoms with Gasteiger partial charge in [0.2, 0.25) is 0 Å². The molecular formula is C16H15ClN4O2. The molecule has 0 aliphatic rings. The molecule has 23 heavy (non-hydrogen) atoms. The van der Waals surface area contributed by atoms with E-state index in [4.69, 9.17) is 11.6 Å². The second-order valence-corrected chi connectivity index (χ2v) is 5.57. The number of aliphatic hydroxyl groups is 1. The zero-order valence-electron chi connectivity index (χ0n) is 12.4. The molecule has 0 bridgehead atoms. The van der Waals surface area contributed by atoms with Crippen LogP contribution in [0.5, 0.6) is 0 Å². The Balaban J connectivity index is 1.69. The summed E-state index contributed by atoms with van der Waals surface area (Å²) in [5, 5.41) is 13.3. The molecule has 0 saturated heterocycles. The lowest BCUT2D eigenvalue weighted by Crippen LogP contribution is -2.28. The summed E-state index contributed by atoms with van der Waals surface area (Å²) in [5.74, 6) is 0.414. The number of aromatic amines is 1. The van der Waals surface area contributed by atoms with E-state index in [1.807, 2.05) is 6.92 Å². The maximum absolute atomic E-state index is 12.2. The van der Waals surface area contributed by atoms with Gasteiger partial charge in [-0.1, -0.05) is 29.8 Å². The van der Waals surface area contributed by atoms with Gasteiger partial charge in [-0.3, -0.25) is 4.79 Å². The van der Waals surface area contributed by atoms with Crippen LogP contribution in [-0.4, -0.2) is 32.5 Å². The summed E-state index contributed by atoms with van der Waals surface area (Å²) in [6.07, 6.45) is 0.582. The van der Waals surface area contributed by atoms with Gasteiger partial charge in [0.15, 0.2) is 5.65 Å². The highest BCUT2D eigenvalue weighted by molar-refractivity contribution is 6.31. The molecule has 3 N–H and O–H groups in total. The van der Waals surface area contributed by atoms with Gasteiger partial charge < -0.3 is 15.4 Å². The molecule has 0 unspecified atom stereocenters. The Bertz CT molecular complexity index is 862. The highest BCUT2D eigenvalue weighted by Gasteiger charge is 2.14. The Hall–Kier alpha value is -2.44. The minimum absolute atomic E-state index is 0.0581. The predicted octanol–water partition coefficient (Wildman–Crippen LogP) is 2.38. The normalized spacial score (nSPS) is 12.3. The number of H-pyrrole nitrogens is 1. The molecule has 3 rings (SSSR count). The van der Waals surface area contributed by atoms with Crippen LogP contribution in [0.15, 0.2) is 36.5 Å². The van der Waals surface area contributed by atoms with Crippen molar-refractivity contribution in [1.29, 1.82) is 0 Å². The van der Waals surface area contributed by atoms with Crippen LogP contribution in [-0.2, 0) is 0 Å². The number of carbonyl (C=O) groups excluding carboxylic acids is 1. The van der Waals surface area contributed by atoms with Crippen LogP contribution in [0, 0.1) is 6.92 Å². The molecule has 0 aliphatic carbocycles. The lowest BCUT2D eigenvalue weighted by Gasteiger charge is -2.13. The smallest absolute Gasteiger partial charge is 0.253 e. The SMILES string of the molecule is Cc1nc2ncc(C(=O)NC[C@H](O)c3ccccc3Cl)cc2[nH]1. The number of hydrogen-bond donors (Lipinski definition) is 3. The average molecular weight is 331 g/mol. The first-order valence-electron chi connectivity index (χ1n) is 7.07. The van der Waals surface area contributed by atoms with Crippen molar-refractivity contribution < 1.29 is 9.90 Å². The number of imidazole rings is 1. The molecule has 0 aliphatic heterocycles. The zero-order valence-corrected chi connectivity index (χ0v) is 13.1. The van der Waals surface area contributed by atoms with Gasteiger partial charge in [-0.05, 0) is 19.1 Å². The number of hydrogen-bond acceptors (Lipinski definition) is 4. The van der Waals surface area contributed by atoms with Gasteiger partial charge in [-0.15, -0.1) is 0 Å². The fraction of sp³-hybridized carbons (Fsp3) is 0.188. The van der Waals surface area contributed by atoms with Crippen LogP contribution >= 0.6 is 11.6 Å². The monoisotopic (exact) mass is 330 g/mol. The third-order valence-corrected chi connectivity index (χ3v) is 3.78. The zero-order chi connectivity index (χ0) is 16.4. The molecule has 7 heteroatoms. The van der Waals surface area contributed by atoms with Crippen molar-refractivity contribution in [2.45, 2.75) is 13.0 Å². The molecule has 3 aromatic rings. The molecule has 0 spiro atoms. The highest BCUT2D eigenvalue weighted by Crippen LogP contribution is 2.22. The maximum atomic E-state index is 12.2. The van der Waals surface area contributed by atoms with E-state index < -0.39 is 6.10 Å². The molecular weight excluding hydrogens is 316 g/mol. The Morgan fingerprint density at radius 2 is 2.22 bits per heavy atom. The number of nitrogens with one attached hydrogen (secondary N) is 2. The summed E-state index contributed by atoms with van der Waals surface area (Å²) >= 11 is 6.03. The number of pyridine rings is 1. The number of carbonyl (C=O) groups is 1. The summed E-state index contributed by atoms with van der Waals surface area (Å²) in [5.41, 5.74) is 2.23. The summed E-state index contributed by atoms with van der Waals surface area (Å²) in [4.78, 5) is 23.5. The van der Waals surface area contributed by atoms with Crippen LogP contribution in [0.4, 0.5) is 0 Å². The topological polar surface area (TPSA) is 90.9 Å². The Morgan fingerprint density at radius 1 is 1.43 bits per heavy atom. The van der Waals surface area contributed by atoms with E-state index in [9.17, 15) is 9.90 Å². The van der Waals surface area contributed by atoms with Gasteiger partial charge in [-0.2, -0.15) is 0 Å². The number of rotatable bonds is 4. The first-order chi connectivity index (χ1) is 11.0. The van der Waals surface area contributed by atoms with Crippen LogP contribution in [0.1, 0.15) is 27.8 Å². The van der Waals surface area contributed by atoms with Gasteiger partial charge >= 0.3 is 0 Å². The van der Waals surface area contributed by atoms with E-state index in [1.54, 1.807) is 30.3 Å². The number of fused-ring (bicyclic) bond motifs is 1. The molecule has 1 amide bonds. The molecule has 0 saturated carbocycles. The summed E-state index contributed by atoms with van der Waals surface area (Å²) < 4.78 is 0. The first kappa shape index (κ1) is 15.5. The number of benzene rings is 1. The number of aryl methyl sites for hydroxylation is 1. The summed E-state index contributed by atoms with van der Waals surface area (Å²) in [6, 6.07) is 8.66. The molecule has 1 atom stereocenters. The highest BCUT2D eigenvalue weighted by atomic mass is 35.5. The van der Waals surface area contributed by atoms with Gasteiger partial charge in [0, 0.05) is 23.3 Å². The van der Waals surface area contributed by atoms with E-state index in [-0.39, 0.29) is 12.5 Å². The first-order valence-corrected chi connectivity index (χ1v) is 7.45. The second-order valence-electron chi connectivity index (χ2n) is 5.16. The molecule has 2 heterocycles. The van der Waals surface area contributed by atoms with E-state index in [0.717, 1.165) is 5.82 Å². The fourth-order valence-corrected chi connectivity index (χ4v) is 2.55. The Kier molecular flexibility index (Phi) is 4.27. The second kappa shape index (κ2) is 6.36.